The van der Waals surface area contributed by atoms with Gasteiger partial charge in [-0.1, -0.05) is 361 Å². The lowest BCUT2D eigenvalue weighted by Crippen LogP contribution is -2.30. The lowest BCUT2D eigenvalue weighted by atomic mass is 10.0. The average molecular weight is 1050 g/mol. The molecule has 0 fully saturated rings. The van der Waals surface area contributed by atoms with Crippen molar-refractivity contribution in [2.75, 3.05) is 13.2 Å². The van der Waals surface area contributed by atoms with Gasteiger partial charge < -0.3 is 14.2 Å². The molecule has 0 aliphatic rings. The fraction of sp³-hybridized carbons (Fsp3) is 0.956. The minimum absolute atomic E-state index is 0.0602. The summed E-state index contributed by atoms with van der Waals surface area (Å²) in [5.74, 6) is -0.821. The van der Waals surface area contributed by atoms with Crippen LogP contribution in [0, 0.1) is 0 Å². The maximum absolute atomic E-state index is 12.9. The van der Waals surface area contributed by atoms with Crippen molar-refractivity contribution in [3.8, 4) is 0 Å². The van der Waals surface area contributed by atoms with E-state index >= 15 is 0 Å². The van der Waals surface area contributed by atoms with E-state index in [0.29, 0.717) is 19.3 Å². The van der Waals surface area contributed by atoms with E-state index in [-0.39, 0.29) is 31.1 Å². The fourth-order valence-corrected chi connectivity index (χ4v) is 10.7. The maximum atomic E-state index is 12.9. The molecule has 0 heterocycles. The third-order valence-corrected chi connectivity index (χ3v) is 15.9. The lowest BCUT2D eigenvalue weighted by Gasteiger charge is -2.18. The molecule has 0 amide bonds. The number of hydrogen-bond acceptors (Lipinski definition) is 6. The molecule has 1 unspecified atom stereocenters. The largest absolute Gasteiger partial charge is 0.462 e. The molecule has 0 aromatic rings. The molecule has 0 bridgehead atoms. The van der Waals surface area contributed by atoms with Crippen LogP contribution < -0.4 is 0 Å². The van der Waals surface area contributed by atoms with Crippen LogP contribution in [0.5, 0.6) is 0 Å². The molecule has 0 aromatic heterocycles. The van der Waals surface area contributed by atoms with Crippen molar-refractivity contribution in [3.63, 3.8) is 0 Å². The van der Waals surface area contributed by atoms with Crippen molar-refractivity contribution in [1.82, 2.24) is 0 Å². The molecule has 0 saturated heterocycles. The number of carbonyl (C=O) groups excluding carboxylic acids is 3. The monoisotopic (exact) mass is 1050 g/mol. The lowest BCUT2D eigenvalue weighted by molar-refractivity contribution is -0.167. The summed E-state index contributed by atoms with van der Waals surface area (Å²) in [6, 6.07) is 0. The van der Waals surface area contributed by atoms with E-state index in [1.54, 1.807) is 0 Å². The minimum atomic E-state index is -0.763. The summed E-state index contributed by atoms with van der Waals surface area (Å²) < 4.78 is 17.0. The average Bonchev–Trinajstić information content (AvgIpc) is 3.40. The Balaban J connectivity index is 4.24. The van der Waals surface area contributed by atoms with Gasteiger partial charge in [-0.25, -0.2) is 0 Å². The van der Waals surface area contributed by atoms with Crippen LogP contribution in [-0.4, -0.2) is 37.2 Å². The molecular weight excluding hydrogens is 913 g/mol. The molecule has 0 aliphatic carbocycles. The van der Waals surface area contributed by atoms with E-state index < -0.39 is 6.10 Å². The zero-order chi connectivity index (χ0) is 53.6. The highest BCUT2D eigenvalue weighted by molar-refractivity contribution is 5.71. The smallest absolute Gasteiger partial charge is 0.306 e. The van der Waals surface area contributed by atoms with Crippen LogP contribution in [0.4, 0.5) is 0 Å². The highest BCUT2D eigenvalue weighted by Crippen LogP contribution is 2.19. The molecule has 0 saturated carbocycles. The number of rotatable bonds is 64. The summed E-state index contributed by atoms with van der Waals surface area (Å²) in [4.78, 5) is 38.4. The van der Waals surface area contributed by atoms with Crippen molar-refractivity contribution in [1.29, 1.82) is 0 Å². The molecule has 74 heavy (non-hydrogen) atoms. The third kappa shape index (κ3) is 61.3. The molecule has 0 rings (SSSR count). The van der Waals surface area contributed by atoms with Crippen molar-refractivity contribution < 1.29 is 28.6 Å². The van der Waals surface area contributed by atoms with Gasteiger partial charge in [-0.15, -0.1) is 0 Å². The molecule has 440 valence electrons. The Morgan fingerprint density at radius 2 is 0.365 bits per heavy atom. The standard InChI is InChI=1S/C68H132O6/c1-4-7-10-13-16-19-22-25-28-31-32-33-34-35-36-38-40-43-46-49-52-55-58-61-67(70)73-64-65(63-72-66(69)60-57-54-51-48-45-42-39-30-27-24-21-18-15-12-9-6-3)74-68(71)62-59-56-53-50-47-44-41-37-29-26-23-20-17-14-11-8-5-2/h65H,4-64H2,1-3H3. The van der Waals surface area contributed by atoms with Crippen molar-refractivity contribution in [3.05, 3.63) is 0 Å². The summed E-state index contributed by atoms with van der Waals surface area (Å²) in [5, 5.41) is 0. The highest BCUT2D eigenvalue weighted by atomic mass is 16.6. The first-order chi connectivity index (χ1) is 36.5. The molecule has 0 aromatic carbocycles. The van der Waals surface area contributed by atoms with Crippen molar-refractivity contribution in [2.24, 2.45) is 0 Å². The summed E-state index contributed by atoms with van der Waals surface area (Å²) in [7, 11) is 0. The Hall–Kier alpha value is -1.59. The Morgan fingerprint density at radius 3 is 0.541 bits per heavy atom. The molecule has 6 heteroatoms. The second kappa shape index (κ2) is 63.9. The van der Waals surface area contributed by atoms with Crippen LogP contribution in [0.15, 0.2) is 0 Å². The van der Waals surface area contributed by atoms with E-state index in [1.165, 1.54) is 302 Å². The van der Waals surface area contributed by atoms with Crippen LogP contribution in [0.3, 0.4) is 0 Å². The van der Waals surface area contributed by atoms with Crippen LogP contribution in [0.2, 0.25) is 0 Å². The topological polar surface area (TPSA) is 78.9 Å². The molecule has 1 atom stereocenters. The first-order valence-corrected chi connectivity index (χ1v) is 34.0. The molecule has 0 radical (unpaired) electrons. The molecule has 0 N–H and O–H groups in total. The Bertz CT molecular complexity index is 1110. The van der Waals surface area contributed by atoms with Crippen LogP contribution in [0.1, 0.15) is 400 Å². The van der Waals surface area contributed by atoms with Gasteiger partial charge in [-0.3, -0.25) is 14.4 Å². The number of ether oxygens (including phenoxy) is 3. The molecule has 0 spiro atoms. The van der Waals surface area contributed by atoms with Crippen molar-refractivity contribution >= 4 is 17.9 Å². The summed E-state index contributed by atoms with van der Waals surface area (Å²) in [6.45, 7) is 6.74. The number of carbonyl (C=O) groups is 3. The Labute approximate surface area is 463 Å². The van der Waals surface area contributed by atoms with Gasteiger partial charge >= 0.3 is 17.9 Å². The number of esters is 3. The minimum Gasteiger partial charge on any atom is -0.462 e. The molecule has 6 nitrogen and oxygen atoms in total. The van der Waals surface area contributed by atoms with E-state index in [9.17, 15) is 14.4 Å². The second-order valence-electron chi connectivity index (χ2n) is 23.5. The summed E-state index contributed by atoms with van der Waals surface area (Å²) in [5.41, 5.74) is 0. The summed E-state index contributed by atoms with van der Waals surface area (Å²) >= 11 is 0. The van der Waals surface area contributed by atoms with E-state index in [4.69, 9.17) is 14.2 Å². The maximum Gasteiger partial charge on any atom is 0.306 e. The van der Waals surface area contributed by atoms with Gasteiger partial charge in [-0.2, -0.15) is 0 Å². The quantitative estimate of drug-likeness (QED) is 0.0343. The van der Waals surface area contributed by atoms with Crippen LogP contribution in [-0.2, 0) is 28.6 Å². The van der Waals surface area contributed by atoms with Crippen LogP contribution in [0.25, 0.3) is 0 Å². The van der Waals surface area contributed by atoms with Gasteiger partial charge in [0.1, 0.15) is 13.2 Å². The third-order valence-electron chi connectivity index (χ3n) is 15.9. The van der Waals surface area contributed by atoms with Gasteiger partial charge in [0.15, 0.2) is 6.10 Å². The zero-order valence-electron chi connectivity index (χ0n) is 50.7. The van der Waals surface area contributed by atoms with Gasteiger partial charge in [0.2, 0.25) is 0 Å². The van der Waals surface area contributed by atoms with Crippen LogP contribution >= 0.6 is 0 Å². The Kier molecular flexibility index (Phi) is 62.6. The molecule has 0 aliphatic heterocycles. The van der Waals surface area contributed by atoms with E-state index in [1.807, 2.05) is 0 Å². The van der Waals surface area contributed by atoms with E-state index in [2.05, 4.69) is 20.8 Å². The first-order valence-electron chi connectivity index (χ1n) is 34.0. The predicted molar refractivity (Wildman–Crippen MR) is 321 cm³/mol. The van der Waals surface area contributed by atoms with Gasteiger partial charge in [-0.05, 0) is 19.3 Å². The van der Waals surface area contributed by atoms with Gasteiger partial charge in [0.05, 0.1) is 0 Å². The number of hydrogen-bond donors (Lipinski definition) is 0. The molecular formula is C68H132O6. The first kappa shape index (κ1) is 72.4. The second-order valence-corrected chi connectivity index (χ2v) is 23.5. The normalized spacial score (nSPS) is 11.9. The summed E-state index contributed by atoms with van der Waals surface area (Å²) in [6.07, 6.45) is 74.0. The fourth-order valence-electron chi connectivity index (χ4n) is 10.7. The number of unbranched alkanes of at least 4 members (excludes halogenated alkanes) is 53. The Morgan fingerprint density at radius 1 is 0.216 bits per heavy atom. The highest BCUT2D eigenvalue weighted by Gasteiger charge is 2.19. The van der Waals surface area contributed by atoms with Gasteiger partial charge in [0.25, 0.3) is 0 Å². The van der Waals surface area contributed by atoms with Crippen molar-refractivity contribution in [2.45, 2.75) is 406 Å². The zero-order valence-corrected chi connectivity index (χ0v) is 50.7. The SMILES string of the molecule is CCCCCCCCCCCCCCCCCCCCCCCCCC(=O)OCC(COC(=O)CCCCCCCCCCCCCCCCCC)OC(=O)CCCCCCCCCCCCCCCCCCC. The predicted octanol–water partition coefficient (Wildman–Crippen LogP) is 23.1. The van der Waals surface area contributed by atoms with Gasteiger partial charge in [0, 0.05) is 19.3 Å². The van der Waals surface area contributed by atoms with E-state index in [0.717, 1.165) is 57.8 Å².